The molecule has 0 unspecified atom stereocenters. The Hall–Kier alpha value is -3.22. The van der Waals surface area contributed by atoms with Gasteiger partial charge in [0.05, 0.1) is 0 Å². The van der Waals surface area contributed by atoms with E-state index in [2.05, 4.69) is 28.8 Å². The van der Waals surface area contributed by atoms with Crippen LogP contribution in [0.2, 0.25) is 0 Å². The highest BCUT2D eigenvalue weighted by Gasteiger charge is 2.25. The van der Waals surface area contributed by atoms with Gasteiger partial charge < -0.3 is 25.2 Å². The molecule has 0 saturated carbocycles. The summed E-state index contributed by atoms with van der Waals surface area (Å²) in [4.78, 5) is 33.3. The predicted octanol–water partition coefficient (Wildman–Crippen LogP) is 4.87. The molecule has 1 aliphatic carbocycles. The first-order valence-corrected chi connectivity index (χ1v) is 11.8. The average molecular weight is 452 g/mol. The second kappa shape index (κ2) is 8.96. The zero-order valence-electron chi connectivity index (χ0n) is 19.9. The van der Waals surface area contributed by atoms with E-state index >= 15 is 0 Å². The molecule has 3 heterocycles. The minimum Gasteiger partial charge on any atom is -0.477 e. The molecule has 176 valence electrons. The normalized spacial score (nSPS) is 13.3. The monoisotopic (exact) mass is 451 g/mol. The van der Waals surface area contributed by atoms with E-state index in [0.717, 1.165) is 83.6 Å². The average Bonchev–Trinajstić information content (AvgIpc) is 3.40. The van der Waals surface area contributed by atoms with E-state index in [1.165, 1.54) is 11.1 Å². The fourth-order valence-electron chi connectivity index (χ4n) is 5.64. The van der Waals surface area contributed by atoms with Crippen molar-refractivity contribution in [2.45, 2.75) is 79.1 Å². The van der Waals surface area contributed by atoms with E-state index in [1.807, 2.05) is 13.8 Å². The van der Waals surface area contributed by atoms with E-state index in [4.69, 9.17) is 0 Å². The van der Waals surface area contributed by atoms with Crippen LogP contribution in [0.5, 0.6) is 0 Å². The number of aromatic nitrogens is 3. The van der Waals surface area contributed by atoms with Gasteiger partial charge in [-0.2, -0.15) is 0 Å². The van der Waals surface area contributed by atoms with Crippen LogP contribution in [0.25, 0.3) is 0 Å². The van der Waals surface area contributed by atoms with Crippen LogP contribution in [0, 0.1) is 13.8 Å². The number of hydrogen-bond donors (Lipinski definition) is 5. The minimum atomic E-state index is -0.925. The molecule has 0 atom stereocenters. The van der Waals surface area contributed by atoms with Crippen molar-refractivity contribution in [3.8, 4) is 0 Å². The molecule has 33 heavy (non-hydrogen) atoms. The van der Waals surface area contributed by atoms with Crippen LogP contribution >= 0.6 is 0 Å². The number of hydrogen-bond acceptors (Lipinski definition) is 2. The molecule has 0 aliphatic heterocycles. The Balaban J connectivity index is 1.74. The highest BCUT2D eigenvalue weighted by Crippen LogP contribution is 2.33. The summed E-state index contributed by atoms with van der Waals surface area (Å²) in [6.45, 7) is 7.86. The van der Waals surface area contributed by atoms with Crippen LogP contribution in [0.15, 0.2) is 0 Å². The molecule has 1 aliphatic rings. The van der Waals surface area contributed by atoms with Crippen LogP contribution in [-0.4, -0.2) is 37.1 Å². The highest BCUT2D eigenvalue weighted by atomic mass is 16.4. The van der Waals surface area contributed by atoms with Crippen molar-refractivity contribution in [1.29, 1.82) is 0 Å². The largest absolute Gasteiger partial charge is 0.477 e. The lowest BCUT2D eigenvalue weighted by Gasteiger charge is -2.14. The van der Waals surface area contributed by atoms with E-state index < -0.39 is 11.9 Å². The number of nitrogens with one attached hydrogen (secondary N) is 3. The standard InChI is InChI=1S/C26H33N3O4/c1-5-15-13(3)23(25(30)31)28-19(15)11-21-17-9-7-8-10-18(17)22(27-21)12-20-16(6-2)14(4)24(29-20)26(32)33/h27-29H,5-12H2,1-4H3,(H,30,31)(H,32,33). The quantitative estimate of drug-likeness (QED) is 0.335. The molecule has 7 nitrogen and oxygen atoms in total. The van der Waals surface area contributed by atoms with Crippen molar-refractivity contribution in [1.82, 2.24) is 15.0 Å². The van der Waals surface area contributed by atoms with Crippen molar-refractivity contribution in [3.63, 3.8) is 0 Å². The second-order valence-electron chi connectivity index (χ2n) is 9.08. The zero-order chi connectivity index (χ0) is 23.9. The third kappa shape index (κ3) is 4.01. The molecule has 0 fully saturated rings. The van der Waals surface area contributed by atoms with Crippen molar-refractivity contribution in [2.75, 3.05) is 0 Å². The van der Waals surface area contributed by atoms with Gasteiger partial charge in [0.15, 0.2) is 0 Å². The Morgan fingerprint density at radius 3 is 1.42 bits per heavy atom. The van der Waals surface area contributed by atoms with E-state index in [9.17, 15) is 19.8 Å². The zero-order valence-corrected chi connectivity index (χ0v) is 19.9. The summed E-state index contributed by atoms with van der Waals surface area (Å²) in [6, 6.07) is 0. The van der Waals surface area contributed by atoms with Gasteiger partial charge in [-0.1, -0.05) is 13.8 Å². The van der Waals surface area contributed by atoms with Crippen LogP contribution < -0.4 is 0 Å². The first-order chi connectivity index (χ1) is 15.8. The molecule has 0 radical (unpaired) electrons. The highest BCUT2D eigenvalue weighted by molar-refractivity contribution is 5.88. The summed E-state index contributed by atoms with van der Waals surface area (Å²) in [5, 5.41) is 19.1. The predicted molar refractivity (Wildman–Crippen MR) is 127 cm³/mol. The SMILES string of the molecule is CCc1c(Cc2[nH]c(Cc3[nH]c(C(=O)O)c(C)c3CC)c3c2CCCC3)[nH]c(C(=O)O)c1C. The Labute approximate surface area is 193 Å². The number of H-pyrrole nitrogens is 3. The smallest absolute Gasteiger partial charge is 0.352 e. The fraction of sp³-hybridized carbons (Fsp3) is 0.462. The van der Waals surface area contributed by atoms with Gasteiger partial charge in [0.2, 0.25) is 0 Å². The molecule has 7 heteroatoms. The van der Waals surface area contributed by atoms with Gasteiger partial charge in [-0.25, -0.2) is 9.59 Å². The Kier molecular flexibility index (Phi) is 6.23. The van der Waals surface area contributed by atoms with Gasteiger partial charge in [-0.05, 0) is 85.8 Å². The summed E-state index contributed by atoms with van der Waals surface area (Å²) in [5.74, 6) is -1.85. The lowest BCUT2D eigenvalue weighted by molar-refractivity contribution is 0.0679. The number of fused-ring (bicyclic) bond motifs is 1. The van der Waals surface area contributed by atoms with Crippen molar-refractivity contribution in [2.24, 2.45) is 0 Å². The lowest BCUT2D eigenvalue weighted by atomic mass is 9.90. The van der Waals surface area contributed by atoms with Crippen molar-refractivity contribution < 1.29 is 19.8 Å². The summed E-state index contributed by atoms with van der Waals surface area (Å²) in [6.07, 6.45) is 7.16. The van der Waals surface area contributed by atoms with Crippen LogP contribution in [-0.2, 0) is 38.5 Å². The van der Waals surface area contributed by atoms with Gasteiger partial charge >= 0.3 is 11.9 Å². The number of carboxylic acids is 2. The number of aromatic carboxylic acids is 2. The Morgan fingerprint density at radius 2 is 1.09 bits per heavy atom. The number of carbonyl (C=O) groups is 2. The Morgan fingerprint density at radius 1 is 0.697 bits per heavy atom. The van der Waals surface area contributed by atoms with Crippen molar-refractivity contribution in [3.05, 3.63) is 67.5 Å². The fourth-order valence-corrected chi connectivity index (χ4v) is 5.64. The maximum absolute atomic E-state index is 11.6. The first-order valence-electron chi connectivity index (χ1n) is 11.8. The molecule has 5 N–H and O–H groups in total. The second-order valence-corrected chi connectivity index (χ2v) is 9.08. The Bertz CT molecular complexity index is 1130. The molecule has 4 rings (SSSR count). The van der Waals surface area contributed by atoms with E-state index in [-0.39, 0.29) is 11.4 Å². The number of aromatic amines is 3. The lowest BCUT2D eigenvalue weighted by Crippen LogP contribution is -2.05. The van der Waals surface area contributed by atoms with E-state index in [1.54, 1.807) is 0 Å². The van der Waals surface area contributed by atoms with Gasteiger partial charge in [-0.15, -0.1) is 0 Å². The first kappa shape index (κ1) is 23.0. The van der Waals surface area contributed by atoms with E-state index in [0.29, 0.717) is 12.8 Å². The molecule has 3 aromatic rings. The summed E-state index contributed by atoms with van der Waals surface area (Å²) < 4.78 is 0. The third-order valence-corrected chi connectivity index (χ3v) is 7.28. The number of carboxylic acid groups (broad SMARTS) is 2. The molecule has 3 aromatic heterocycles. The van der Waals surface area contributed by atoms with Crippen LogP contribution in [0.4, 0.5) is 0 Å². The molecule has 0 bridgehead atoms. The molecular formula is C26H33N3O4. The molecule has 0 saturated heterocycles. The summed E-state index contributed by atoms with van der Waals surface area (Å²) >= 11 is 0. The molecule has 0 amide bonds. The minimum absolute atomic E-state index is 0.276. The summed E-state index contributed by atoms with van der Waals surface area (Å²) in [5.41, 5.74) is 11.3. The maximum atomic E-state index is 11.6. The van der Waals surface area contributed by atoms with Gasteiger partial charge in [-0.3, -0.25) is 0 Å². The van der Waals surface area contributed by atoms with Crippen molar-refractivity contribution >= 4 is 11.9 Å². The topological polar surface area (TPSA) is 122 Å². The van der Waals surface area contributed by atoms with Gasteiger partial charge in [0.25, 0.3) is 0 Å². The van der Waals surface area contributed by atoms with Gasteiger partial charge in [0.1, 0.15) is 11.4 Å². The van der Waals surface area contributed by atoms with Crippen LogP contribution in [0.1, 0.15) is 104 Å². The maximum Gasteiger partial charge on any atom is 0.352 e. The van der Waals surface area contributed by atoms with Gasteiger partial charge in [0, 0.05) is 35.6 Å². The number of rotatable bonds is 8. The third-order valence-electron chi connectivity index (χ3n) is 7.28. The summed E-state index contributed by atoms with van der Waals surface area (Å²) in [7, 11) is 0. The molecular weight excluding hydrogens is 418 g/mol. The molecule has 0 spiro atoms. The molecule has 0 aromatic carbocycles. The van der Waals surface area contributed by atoms with Crippen LogP contribution in [0.3, 0.4) is 0 Å².